The van der Waals surface area contributed by atoms with Crippen molar-refractivity contribution in [3.63, 3.8) is 0 Å². The van der Waals surface area contributed by atoms with E-state index in [0.29, 0.717) is 0 Å². The second-order valence-electron chi connectivity index (χ2n) is 2.79. The number of allylic oxidation sites excluding steroid dienone is 1. The third-order valence-electron chi connectivity index (χ3n) is 1.90. The third kappa shape index (κ3) is 2.84. The monoisotopic (exact) mass is 234 g/mol. The van der Waals surface area contributed by atoms with Gasteiger partial charge in [0.2, 0.25) is 0 Å². The smallest absolute Gasteiger partial charge is 0 e. The van der Waals surface area contributed by atoms with Gasteiger partial charge in [0.15, 0.2) is 0 Å². The maximum absolute atomic E-state index is 3.73. The van der Waals surface area contributed by atoms with Crippen LogP contribution in [0, 0.1) is 19.9 Å². The number of aryl methyl sites for hydroxylation is 2. The van der Waals surface area contributed by atoms with E-state index in [4.69, 9.17) is 0 Å². The average molecular weight is 234 g/mol. The molecule has 0 aliphatic rings. The van der Waals surface area contributed by atoms with Gasteiger partial charge in [0, 0.05) is 32.7 Å². The predicted molar refractivity (Wildman–Crippen MR) is 48.7 cm³/mol. The van der Waals surface area contributed by atoms with Crippen LogP contribution in [0.2, 0.25) is 0 Å². The molecule has 0 nitrogen and oxygen atoms in total. The van der Waals surface area contributed by atoms with Crippen LogP contribution >= 0.6 is 0 Å². The maximum Gasteiger partial charge on any atom is 0 e. The zero-order chi connectivity index (χ0) is 8.27. The molecule has 0 heterocycles. The zero-order valence-corrected chi connectivity index (χ0v) is 10.6. The Morgan fingerprint density at radius 3 is 2.25 bits per heavy atom. The minimum absolute atomic E-state index is 0. The molecule has 0 N–H and O–H groups in total. The molecule has 1 aromatic carbocycles. The summed E-state index contributed by atoms with van der Waals surface area (Å²) in [6.07, 6.45) is 2.90. The van der Waals surface area contributed by atoms with Crippen molar-refractivity contribution in [1.29, 1.82) is 0 Å². The number of hydrogen-bond acceptors (Lipinski definition) is 0. The molecule has 0 atom stereocenters. The molecule has 1 rings (SSSR count). The molecule has 0 aromatic heterocycles. The van der Waals surface area contributed by atoms with E-state index in [-0.39, 0.29) is 32.7 Å². The van der Waals surface area contributed by atoms with E-state index in [9.17, 15) is 0 Å². The van der Waals surface area contributed by atoms with Gasteiger partial charge in [0.1, 0.15) is 0 Å². The first kappa shape index (κ1) is 12.1. The van der Waals surface area contributed by atoms with Gasteiger partial charge in [-0.05, 0) is 6.42 Å². The van der Waals surface area contributed by atoms with Crippen LogP contribution in [0.25, 0.3) is 0 Å². The van der Waals surface area contributed by atoms with E-state index in [1.54, 1.807) is 0 Å². The molecule has 0 fully saturated rings. The van der Waals surface area contributed by atoms with Crippen molar-refractivity contribution >= 4 is 0 Å². The quantitative estimate of drug-likeness (QED) is 0.545. The minimum atomic E-state index is 0. The molecule has 0 saturated heterocycles. The summed E-state index contributed by atoms with van der Waals surface area (Å²) in [7, 11) is 0. The fourth-order valence-corrected chi connectivity index (χ4v) is 1.24. The second-order valence-corrected chi connectivity index (χ2v) is 2.79. The van der Waals surface area contributed by atoms with Gasteiger partial charge < -0.3 is 0 Å². The molecule has 0 aliphatic heterocycles. The average Bonchev–Trinajstić information content (AvgIpc) is 1.97. The van der Waals surface area contributed by atoms with Gasteiger partial charge in [-0.15, -0.1) is 12.1 Å². The van der Waals surface area contributed by atoms with Gasteiger partial charge >= 0.3 is 0 Å². The van der Waals surface area contributed by atoms with Crippen molar-refractivity contribution in [1.82, 2.24) is 0 Å². The van der Waals surface area contributed by atoms with Crippen molar-refractivity contribution in [2.24, 2.45) is 0 Å². The first-order chi connectivity index (χ1) is 5.25. The van der Waals surface area contributed by atoms with Crippen LogP contribution in [0.15, 0.2) is 24.8 Å². The Morgan fingerprint density at radius 2 is 1.83 bits per heavy atom. The SMILES string of the molecule is C=CCc1c(C)c[c-]cc1C.[Y]. The zero-order valence-electron chi connectivity index (χ0n) is 7.72. The first-order valence-electron chi connectivity index (χ1n) is 3.82. The Kier molecular flexibility index (Phi) is 5.70. The van der Waals surface area contributed by atoms with Crippen LogP contribution in [-0.2, 0) is 39.1 Å². The normalized spacial score (nSPS) is 8.83. The fourth-order valence-electron chi connectivity index (χ4n) is 1.24. The van der Waals surface area contributed by atoms with Crippen molar-refractivity contribution < 1.29 is 32.7 Å². The van der Waals surface area contributed by atoms with Crippen molar-refractivity contribution in [2.75, 3.05) is 0 Å². The molecule has 1 heteroatoms. The molecule has 1 radical (unpaired) electrons. The summed E-state index contributed by atoms with van der Waals surface area (Å²) in [6, 6.07) is 7.13. The Morgan fingerprint density at radius 1 is 1.33 bits per heavy atom. The summed E-state index contributed by atoms with van der Waals surface area (Å²) in [6.45, 7) is 7.95. The van der Waals surface area contributed by atoms with Gasteiger partial charge in [-0.2, -0.15) is 29.3 Å². The third-order valence-corrected chi connectivity index (χ3v) is 1.90. The summed E-state index contributed by atoms with van der Waals surface area (Å²) in [5, 5.41) is 0. The standard InChI is InChI=1S/C11H13.Y/c1-4-6-11-9(2)7-5-8-10(11)3;/h4,7-8H,1,6H2,2-3H3;/q-1;. The molecular weight excluding hydrogens is 221 g/mol. The molecule has 0 amide bonds. The Labute approximate surface area is 100.0 Å². The van der Waals surface area contributed by atoms with Crippen molar-refractivity contribution in [3.8, 4) is 0 Å². The largest absolute Gasteiger partial charge is 0.183 e. The van der Waals surface area contributed by atoms with Crippen LogP contribution in [0.5, 0.6) is 0 Å². The summed E-state index contributed by atoms with van der Waals surface area (Å²) < 4.78 is 0. The van der Waals surface area contributed by atoms with Crippen LogP contribution in [0.1, 0.15) is 16.7 Å². The Bertz CT molecular complexity index is 243. The van der Waals surface area contributed by atoms with Crippen LogP contribution in [0.4, 0.5) is 0 Å². The summed E-state index contributed by atoms with van der Waals surface area (Å²) in [4.78, 5) is 0. The Balaban J connectivity index is 0.00000121. The van der Waals surface area contributed by atoms with Gasteiger partial charge in [0.25, 0.3) is 0 Å². The topological polar surface area (TPSA) is 0 Å². The van der Waals surface area contributed by atoms with Gasteiger partial charge in [-0.25, -0.2) is 0 Å². The molecule has 0 saturated carbocycles. The molecule has 0 spiro atoms. The molecule has 12 heavy (non-hydrogen) atoms. The van der Waals surface area contributed by atoms with Crippen LogP contribution in [-0.4, -0.2) is 0 Å². The molecule has 1 aromatic rings. The predicted octanol–water partition coefficient (Wildman–Crippen LogP) is 2.83. The van der Waals surface area contributed by atoms with E-state index in [2.05, 4.69) is 26.5 Å². The van der Waals surface area contributed by atoms with E-state index < -0.39 is 0 Å². The summed E-state index contributed by atoms with van der Waals surface area (Å²) in [5.41, 5.74) is 4.01. The molecular formula is C11H13Y-. The summed E-state index contributed by atoms with van der Waals surface area (Å²) >= 11 is 0. The Hall–Kier alpha value is 0.0639. The van der Waals surface area contributed by atoms with E-state index in [0.717, 1.165) is 6.42 Å². The maximum atomic E-state index is 3.73. The number of benzene rings is 1. The van der Waals surface area contributed by atoms with Crippen LogP contribution in [0.3, 0.4) is 0 Å². The van der Waals surface area contributed by atoms with Crippen molar-refractivity contribution in [3.05, 3.63) is 47.5 Å². The van der Waals surface area contributed by atoms with E-state index in [1.165, 1.54) is 16.7 Å². The molecule has 0 bridgehead atoms. The molecule has 61 valence electrons. The number of hydrogen-bond donors (Lipinski definition) is 0. The molecule has 0 aliphatic carbocycles. The minimum Gasteiger partial charge on any atom is -0.183 e. The first-order valence-corrected chi connectivity index (χ1v) is 3.82. The number of rotatable bonds is 2. The van der Waals surface area contributed by atoms with Crippen molar-refractivity contribution in [2.45, 2.75) is 20.3 Å². The second kappa shape index (κ2) is 5.67. The van der Waals surface area contributed by atoms with E-state index >= 15 is 0 Å². The van der Waals surface area contributed by atoms with E-state index in [1.807, 2.05) is 18.2 Å². The summed E-state index contributed by atoms with van der Waals surface area (Å²) in [5.74, 6) is 0. The molecule has 0 unspecified atom stereocenters. The van der Waals surface area contributed by atoms with Crippen LogP contribution < -0.4 is 0 Å². The van der Waals surface area contributed by atoms with Gasteiger partial charge in [-0.1, -0.05) is 19.9 Å². The van der Waals surface area contributed by atoms with Gasteiger partial charge in [-0.3, -0.25) is 0 Å². The van der Waals surface area contributed by atoms with Gasteiger partial charge in [0.05, 0.1) is 0 Å². The fraction of sp³-hybridized carbons (Fsp3) is 0.273.